The van der Waals surface area contributed by atoms with E-state index in [0.717, 1.165) is 21.5 Å². The first-order valence-corrected chi connectivity index (χ1v) is 7.67. The molecular formula is C13H16BrNO3S. The zero-order chi connectivity index (χ0) is 14.3. The summed E-state index contributed by atoms with van der Waals surface area (Å²) in [5, 5.41) is 11.1. The average molecular weight is 346 g/mol. The predicted molar refractivity (Wildman–Crippen MR) is 79.3 cm³/mol. The van der Waals surface area contributed by atoms with Gasteiger partial charge in [0.15, 0.2) is 0 Å². The van der Waals surface area contributed by atoms with Gasteiger partial charge < -0.3 is 10.4 Å². The van der Waals surface area contributed by atoms with E-state index >= 15 is 0 Å². The van der Waals surface area contributed by atoms with Gasteiger partial charge in [-0.15, -0.1) is 11.8 Å². The molecule has 0 aromatic heterocycles. The molecular weight excluding hydrogens is 330 g/mol. The van der Waals surface area contributed by atoms with Crippen LogP contribution in [0.4, 0.5) is 0 Å². The van der Waals surface area contributed by atoms with E-state index in [9.17, 15) is 9.59 Å². The molecule has 104 valence electrons. The molecule has 0 aliphatic carbocycles. The molecule has 0 saturated carbocycles. The lowest BCUT2D eigenvalue weighted by molar-refractivity contribution is -0.141. The molecule has 0 bridgehead atoms. The maximum absolute atomic E-state index is 11.4. The molecule has 19 heavy (non-hydrogen) atoms. The second kappa shape index (κ2) is 8.22. The van der Waals surface area contributed by atoms with Crippen LogP contribution in [-0.2, 0) is 9.59 Å². The van der Waals surface area contributed by atoms with Gasteiger partial charge in [0.05, 0.1) is 0 Å². The highest BCUT2D eigenvalue weighted by molar-refractivity contribution is 9.10. The number of hydrogen-bond acceptors (Lipinski definition) is 3. The number of halogens is 1. The summed E-state index contributed by atoms with van der Waals surface area (Å²) in [4.78, 5) is 23.1. The van der Waals surface area contributed by atoms with E-state index in [4.69, 9.17) is 5.11 Å². The SMILES string of the molecule is C[C@H](NC(=O)CCCSc1ccc(Br)cc1)C(=O)O. The smallest absolute Gasteiger partial charge is 0.325 e. The molecule has 1 atom stereocenters. The fraction of sp³-hybridized carbons (Fsp3) is 0.385. The van der Waals surface area contributed by atoms with Crippen LogP contribution in [0.3, 0.4) is 0 Å². The molecule has 0 unspecified atom stereocenters. The van der Waals surface area contributed by atoms with Crippen molar-refractivity contribution in [1.82, 2.24) is 5.32 Å². The molecule has 1 rings (SSSR count). The van der Waals surface area contributed by atoms with Crippen LogP contribution in [0.25, 0.3) is 0 Å². The molecule has 6 heteroatoms. The zero-order valence-corrected chi connectivity index (χ0v) is 13.0. The van der Waals surface area contributed by atoms with Gasteiger partial charge in [-0.3, -0.25) is 9.59 Å². The van der Waals surface area contributed by atoms with Crippen LogP contribution >= 0.6 is 27.7 Å². The summed E-state index contributed by atoms with van der Waals surface area (Å²) in [5.74, 6) is -0.403. The van der Waals surface area contributed by atoms with E-state index in [1.807, 2.05) is 24.3 Å². The normalized spacial score (nSPS) is 11.9. The van der Waals surface area contributed by atoms with Gasteiger partial charge in [0.25, 0.3) is 0 Å². The van der Waals surface area contributed by atoms with Crippen LogP contribution < -0.4 is 5.32 Å². The van der Waals surface area contributed by atoms with Crippen LogP contribution in [-0.4, -0.2) is 28.8 Å². The second-order valence-electron chi connectivity index (χ2n) is 4.03. The number of aliphatic carboxylic acids is 1. The van der Waals surface area contributed by atoms with Crippen molar-refractivity contribution >= 4 is 39.6 Å². The van der Waals surface area contributed by atoms with Gasteiger partial charge in [-0.1, -0.05) is 15.9 Å². The van der Waals surface area contributed by atoms with Gasteiger partial charge >= 0.3 is 5.97 Å². The van der Waals surface area contributed by atoms with Crippen LogP contribution in [0.5, 0.6) is 0 Å². The van der Waals surface area contributed by atoms with Crippen molar-refractivity contribution in [3.05, 3.63) is 28.7 Å². The first-order valence-electron chi connectivity index (χ1n) is 5.89. The summed E-state index contributed by atoms with van der Waals surface area (Å²) in [6.07, 6.45) is 1.07. The summed E-state index contributed by atoms with van der Waals surface area (Å²) in [6.45, 7) is 1.46. The molecule has 0 heterocycles. The van der Waals surface area contributed by atoms with Crippen LogP contribution in [0.1, 0.15) is 19.8 Å². The summed E-state index contributed by atoms with van der Waals surface area (Å²) < 4.78 is 1.04. The monoisotopic (exact) mass is 345 g/mol. The highest BCUT2D eigenvalue weighted by atomic mass is 79.9. The Hall–Kier alpha value is -1.01. The molecule has 4 nitrogen and oxygen atoms in total. The third-order valence-corrected chi connectivity index (χ3v) is 4.01. The highest BCUT2D eigenvalue weighted by Gasteiger charge is 2.13. The highest BCUT2D eigenvalue weighted by Crippen LogP contribution is 2.21. The number of carbonyl (C=O) groups excluding carboxylic acids is 1. The Balaban J connectivity index is 2.18. The lowest BCUT2D eigenvalue weighted by Gasteiger charge is -2.08. The lowest BCUT2D eigenvalue weighted by Crippen LogP contribution is -2.38. The number of hydrogen-bond donors (Lipinski definition) is 2. The molecule has 0 fully saturated rings. The molecule has 0 aliphatic heterocycles. The van der Waals surface area contributed by atoms with Gasteiger partial charge in [0, 0.05) is 15.8 Å². The van der Waals surface area contributed by atoms with Crippen LogP contribution in [0.15, 0.2) is 33.6 Å². The van der Waals surface area contributed by atoms with E-state index < -0.39 is 12.0 Å². The molecule has 1 aromatic rings. The summed E-state index contributed by atoms with van der Waals surface area (Å²) in [5.41, 5.74) is 0. The molecule has 0 aliphatic rings. The molecule has 0 spiro atoms. The summed E-state index contributed by atoms with van der Waals surface area (Å²) in [6, 6.07) is 7.15. The topological polar surface area (TPSA) is 66.4 Å². The Morgan fingerprint density at radius 3 is 2.58 bits per heavy atom. The van der Waals surface area contributed by atoms with Crippen molar-refractivity contribution < 1.29 is 14.7 Å². The van der Waals surface area contributed by atoms with Gasteiger partial charge in [-0.05, 0) is 43.4 Å². The summed E-state index contributed by atoms with van der Waals surface area (Å²) in [7, 11) is 0. The maximum atomic E-state index is 11.4. The van der Waals surface area contributed by atoms with Gasteiger partial charge in [0.1, 0.15) is 6.04 Å². The lowest BCUT2D eigenvalue weighted by atomic mass is 10.3. The minimum Gasteiger partial charge on any atom is -0.480 e. The third kappa shape index (κ3) is 6.63. The van der Waals surface area contributed by atoms with E-state index in [2.05, 4.69) is 21.2 Å². The standard InChI is InChI=1S/C13H16BrNO3S/c1-9(13(17)18)15-12(16)3-2-8-19-11-6-4-10(14)5-7-11/h4-7,9H,2-3,8H2,1H3,(H,15,16)(H,17,18)/t9-/m0/s1. The Kier molecular flexibility index (Phi) is 6.94. The molecule has 1 amide bonds. The predicted octanol–water partition coefficient (Wildman–Crippen LogP) is 2.91. The van der Waals surface area contributed by atoms with Crippen molar-refractivity contribution in [3.8, 4) is 0 Å². The van der Waals surface area contributed by atoms with Crippen molar-refractivity contribution in [2.75, 3.05) is 5.75 Å². The number of carboxylic acid groups (broad SMARTS) is 1. The number of rotatable bonds is 7. The largest absolute Gasteiger partial charge is 0.480 e. The van der Waals surface area contributed by atoms with Gasteiger partial charge in [-0.25, -0.2) is 0 Å². The van der Waals surface area contributed by atoms with Crippen LogP contribution in [0, 0.1) is 0 Å². The first-order chi connectivity index (χ1) is 8.99. The van der Waals surface area contributed by atoms with Crippen LogP contribution in [0.2, 0.25) is 0 Å². The minimum absolute atomic E-state index is 0.216. The third-order valence-electron chi connectivity index (χ3n) is 2.38. The Morgan fingerprint density at radius 1 is 1.37 bits per heavy atom. The Morgan fingerprint density at radius 2 is 2.00 bits per heavy atom. The van der Waals surface area contributed by atoms with E-state index in [0.29, 0.717) is 6.42 Å². The maximum Gasteiger partial charge on any atom is 0.325 e. The van der Waals surface area contributed by atoms with Crippen molar-refractivity contribution in [2.24, 2.45) is 0 Å². The molecule has 1 aromatic carbocycles. The zero-order valence-electron chi connectivity index (χ0n) is 10.6. The minimum atomic E-state index is -1.02. The van der Waals surface area contributed by atoms with Crippen molar-refractivity contribution in [2.45, 2.75) is 30.7 Å². The van der Waals surface area contributed by atoms with E-state index in [1.54, 1.807) is 11.8 Å². The quantitative estimate of drug-likeness (QED) is 0.589. The van der Waals surface area contributed by atoms with Gasteiger partial charge in [-0.2, -0.15) is 0 Å². The number of benzene rings is 1. The average Bonchev–Trinajstić information content (AvgIpc) is 2.36. The Bertz CT molecular complexity index is 436. The summed E-state index contributed by atoms with van der Waals surface area (Å²) >= 11 is 5.05. The number of carboxylic acids is 1. The van der Waals surface area contributed by atoms with E-state index in [-0.39, 0.29) is 5.91 Å². The van der Waals surface area contributed by atoms with Crippen molar-refractivity contribution in [1.29, 1.82) is 0 Å². The van der Waals surface area contributed by atoms with Gasteiger partial charge in [0.2, 0.25) is 5.91 Å². The number of carbonyl (C=O) groups is 2. The Labute approximate surface area is 125 Å². The second-order valence-corrected chi connectivity index (χ2v) is 6.12. The van der Waals surface area contributed by atoms with Crippen molar-refractivity contribution in [3.63, 3.8) is 0 Å². The fourth-order valence-electron chi connectivity index (χ4n) is 1.33. The van der Waals surface area contributed by atoms with E-state index in [1.165, 1.54) is 6.92 Å². The number of amides is 1. The molecule has 0 radical (unpaired) electrons. The fourth-order valence-corrected chi connectivity index (χ4v) is 2.45. The first kappa shape index (κ1) is 16.0. The number of nitrogens with one attached hydrogen (secondary N) is 1. The molecule has 0 saturated heterocycles. The number of thioether (sulfide) groups is 1. The molecule has 2 N–H and O–H groups in total.